The molecule has 1 unspecified atom stereocenters. The van der Waals surface area contributed by atoms with E-state index in [1.807, 2.05) is 6.07 Å². The number of nitrogens with zero attached hydrogens (tertiary/aromatic N) is 1. The molecule has 27 heavy (non-hydrogen) atoms. The number of fused-ring (bicyclic) bond motifs is 1. The van der Waals surface area contributed by atoms with E-state index in [9.17, 15) is 19.2 Å². The van der Waals surface area contributed by atoms with Gasteiger partial charge in [0, 0.05) is 24.0 Å². The summed E-state index contributed by atoms with van der Waals surface area (Å²) >= 11 is 0. The Balaban J connectivity index is 1.33. The fraction of sp³-hybridized carbons (Fsp3) is 0.474. The molecule has 0 aromatic heterocycles. The van der Waals surface area contributed by atoms with Crippen LogP contribution in [0.3, 0.4) is 0 Å². The first kappa shape index (κ1) is 16.6. The Morgan fingerprint density at radius 1 is 1.11 bits per heavy atom. The molecule has 0 radical (unpaired) electrons. The van der Waals surface area contributed by atoms with Gasteiger partial charge in [0.25, 0.3) is 11.8 Å². The lowest BCUT2D eigenvalue weighted by atomic mass is 9.44. The van der Waals surface area contributed by atoms with E-state index in [0.29, 0.717) is 17.7 Å². The molecular formula is C19H20N4O4. The number of nitrogens with two attached hydrogens (primary N) is 1. The highest BCUT2D eigenvalue weighted by Crippen LogP contribution is 2.58. The molecule has 4 amide bonds. The standard InChI is InChI=1S/C19H20N4O4/c20-18-7-19(8-18,9-18)21-6-10-1-2-11-12(5-10)17(27)23(16(11)26)13-3-4-14(24)22-15(13)25/h1-2,5,13,21H,3-4,6-9,20H2,(H,22,24,25). The topological polar surface area (TPSA) is 122 Å². The minimum absolute atomic E-state index is 0.0236. The Labute approximate surface area is 155 Å². The summed E-state index contributed by atoms with van der Waals surface area (Å²) < 4.78 is 0. The lowest BCUT2D eigenvalue weighted by Gasteiger charge is -2.69. The lowest BCUT2D eigenvalue weighted by molar-refractivity contribution is -0.136. The van der Waals surface area contributed by atoms with Crippen LogP contribution in [-0.4, -0.2) is 45.6 Å². The van der Waals surface area contributed by atoms with E-state index in [2.05, 4.69) is 10.6 Å². The smallest absolute Gasteiger partial charge is 0.262 e. The van der Waals surface area contributed by atoms with Crippen molar-refractivity contribution in [3.63, 3.8) is 0 Å². The fourth-order valence-corrected chi connectivity index (χ4v) is 4.97. The molecule has 140 valence electrons. The molecule has 3 saturated carbocycles. The molecule has 5 aliphatic rings. The lowest BCUT2D eigenvalue weighted by Crippen LogP contribution is -2.81. The van der Waals surface area contributed by atoms with Crippen molar-refractivity contribution in [2.45, 2.75) is 55.8 Å². The first-order chi connectivity index (χ1) is 12.8. The number of piperidine rings is 1. The Morgan fingerprint density at radius 3 is 2.48 bits per heavy atom. The molecule has 1 saturated heterocycles. The number of benzene rings is 1. The molecule has 0 spiro atoms. The number of amides is 4. The van der Waals surface area contributed by atoms with E-state index in [1.54, 1.807) is 12.1 Å². The predicted molar refractivity (Wildman–Crippen MR) is 93.5 cm³/mol. The number of carbonyl (C=O) groups excluding carboxylic acids is 4. The second-order valence-corrected chi connectivity index (χ2v) is 8.35. The van der Waals surface area contributed by atoms with Gasteiger partial charge >= 0.3 is 0 Å². The molecular weight excluding hydrogens is 348 g/mol. The number of hydrogen-bond acceptors (Lipinski definition) is 6. The highest BCUT2D eigenvalue weighted by molar-refractivity contribution is 6.23. The Hall–Kier alpha value is -2.58. The predicted octanol–water partition coefficient (Wildman–Crippen LogP) is -0.189. The van der Waals surface area contributed by atoms with Crippen LogP contribution < -0.4 is 16.4 Å². The van der Waals surface area contributed by atoms with Crippen molar-refractivity contribution in [2.24, 2.45) is 5.73 Å². The van der Waals surface area contributed by atoms with Crippen LogP contribution in [0, 0.1) is 0 Å². The second kappa shape index (κ2) is 5.24. The van der Waals surface area contributed by atoms with Crippen LogP contribution in [-0.2, 0) is 16.1 Å². The van der Waals surface area contributed by atoms with Crippen LogP contribution in [0.4, 0.5) is 0 Å². The van der Waals surface area contributed by atoms with Crippen LogP contribution in [0.15, 0.2) is 18.2 Å². The summed E-state index contributed by atoms with van der Waals surface area (Å²) in [4.78, 5) is 49.9. The molecule has 1 aromatic carbocycles. The zero-order chi connectivity index (χ0) is 19.0. The van der Waals surface area contributed by atoms with Gasteiger partial charge in [-0.25, -0.2) is 0 Å². The zero-order valence-corrected chi connectivity index (χ0v) is 14.7. The van der Waals surface area contributed by atoms with E-state index in [0.717, 1.165) is 29.7 Å². The summed E-state index contributed by atoms with van der Waals surface area (Å²) in [5, 5.41) is 5.71. The van der Waals surface area contributed by atoms with Gasteiger partial charge in [0.15, 0.2) is 0 Å². The maximum Gasteiger partial charge on any atom is 0.262 e. The maximum atomic E-state index is 12.8. The summed E-state index contributed by atoms with van der Waals surface area (Å²) in [6.07, 6.45) is 3.21. The SMILES string of the molecule is NC12CC(NCc3ccc4c(c3)C(=O)N(C3CCC(=O)NC3=O)C4=O)(C1)C2. The number of rotatable bonds is 4. The van der Waals surface area contributed by atoms with E-state index < -0.39 is 23.8 Å². The Kier molecular flexibility index (Phi) is 3.22. The van der Waals surface area contributed by atoms with Gasteiger partial charge in [-0.05, 0) is 43.4 Å². The number of carbonyl (C=O) groups is 4. The first-order valence-corrected chi connectivity index (χ1v) is 9.18. The van der Waals surface area contributed by atoms with Crippen molar-refractivity contribution in [2.75, 3.05) is 0 Å². The highest BCUT2D eigenvalue weighted by Gasteiger charge is 2.65. The molecule has 2 heterocycles. The molecule has 4 N–H and O–H groups in total. The van der Waals surface area contributed by atoms with E-state index in [4.69, 9.17) is 5.73 Å². The molecule has 6 rings (SSSR count). The van der Waals surface area contributed by atoms with E-state index >= 15 is 0 Å². The van der Waals surface area contributed by atoms with E-state index in [-0.39, 0.29) is 29.8 Å². The van der Waals surface area contributed by atoms with Gasteiger partial charge in [-0.2, -0.15) is 0 Å². The van der Waals surface area contributed by atoms with Crippen LogP contribution in [0.2, 0.25) is 0 Å². The first-order valence-electron chi connectivity index (χ1n) is 9.18. The number of hydrogen-bond donors (Lipinski definition) is 3. The van der Waals surface area contributed by atoms with Crippen molar-refractivity contribution in [1.29, 1.82) is 0 Å². The third-order valence-electron chi connectivity index (χ3n) is 6.24. The number of nitrogens with one attached hydrogen (secondary N) is 2. The van der Waals surface area contributed by atoms with Gasteiger partial charge in [0.05, 0.1) is 11.1 Å². The maximum absolute atomic E-state index is 12.8. The molecule has 8 heteroatoms. The minimum Gasteiger partial charge on any atom is -0.325 e. The Morgan fingerprint density at radius 2 is 1.81 bits per heavy atom. The molecule has 1 aromatic rings. The van der Waals surface area contributed by atoms with Crippen molar-refractivity contribution < 1.29 is 19.2 Å². The van der Waals surface area contributed by atoms with Gasteiger partial charge in [0.1, 0.15) is 6.04 Å². The van der Waals surface area contributed by atoms with Crippen molar-refractivity contribution in [3.05, 3.63) is 34.9 Å². The van der Waals surface area contributed by atoms with Gasteiger partial charge in [-0.1, -0.05) is 6.07 Å². The second-order valence-electron chi connectivity index (χ2n) is 8.35. The molecule has 8 nitrogen and oxygen atoms in total. The van der Waals surface area contributed by atoms with Crippen LogP contribution in [0.1, 0.15) is 58.4 Å². The monoisotopic (exact) mass is 368 g/mol. The van der Waals surface area contributed by atoms with Gasteiger partial charge in [-0.3, -0.25) is 29.4 Å². The van der Waals surface area contributed by atoms with Gasteiger partial charge in [-0.15, -0.1) is 0 Å². The fourth-order valence-electron chi connectivity index (χ4n) is 4.97. The van der Waals surface area contributed by atoms with Crippen LogP contribution in [0.25, 0.3) is 0 Å². The normalized spacial score (nSPS) is 34.1. The minimum atomic E-state index is -0.932. The van der Waals surface area contributed by atoms with E-state index in [1.165, 1.54) is 0 Å². The molecule has 4 fully saturated rings. The molecule has 1 atom stereocenters. The van der Waals surface area contributed by atoms with Gasteiger partial charge in [0.2, 0.25) is 11.8 Å². The van der Waals surface area contributed by atoms with Crippen molar-refractivity contribution >= 4 is 23.6 Å². The summed E-state index contributed by atoms with van der Waals surface area (Å²) in [5.74, 6) is -1.93. The molecule has 2 bridgehead atoms. The summed E-state index contributed by atoms with van der Waals surface area (Å²) in [7, 11) is 0. The van der Waals surface area contributed by atoms with Gasteiger partial charge < -0.3 is 11.1 Å². The largest absolute Gasteiger partial charge is 0.325 e. The Bertz CT molecular complexity index is 905. The number of imide groups is 2. The highest BCUT2D eigenvalue weighted by atomic mass is 16.2. The molecule has 2 aliphatic heterocycles. The van der Waals surface area contributed by atoms with Crippen LogP contribution >= 0.6 is 0 Å². The van der Waals surface area contributed by atoms with Crippen LogP contribution in [0.5, 0.6) is 0 Å². The molecule has 3 aliphatic carbocycles. The summed E-state index contributed by atoms with van der Waals surface area (Å²) in [6, 6.07) is 4.26. The summed E-state index contributed by atoms with van der Waals surface area (Å²) in [6.45, 7) is 0.600. The van der Waals surface area contributed by atoms with Crippen molar-refractivity contribution in [1.82, 2.24) is 15.5 Å². The average Bonchev–Trinajstić information content (AvgIpc) is 2.81. The zero-order valence-electron chi connectivity index (χ0n) is 14.7. The quantitative estimate of drug-likeness (QED) is 0.634. The van der Waals surface area contributed by atoms with Crippen molar-refractivity contribution in [3.8, 4) is 0 Å². The third-order valence-corrected chi connectivity index (χ3v) is 6.24. The summed E-state index contributed by atoms with van der Waals surface area (Å²) in [5.41, 5.74) is 7.76. The average molecular weight is 368 g/mol. The third kappa shape index (κ3) is 2.36.